The maximum absolute atomic E-state index is 13.0. The summed E-state index contributed by atoms with van der Waals surface area (Å²) in [5.74, 6) is 0. The van der Waals surface area contributed by atoms with Gasteiger partial charge in [0.15, 0.2) is 5.52 Å². The molecule has 136 valence electrons. The third kappa shape index (κ3) is 3.33. The number of halogens is 1. The zero-order valence-electron chi connectivity index (χ0n) is 13.9. The van der Waals surface area contributed by atoms with E-state index in [1.54, 1.807) is 18.2 Å². The topological polar surface area (TPSA) is 79.5 Å². The fraction of sp³-hybridized carbons (Fsp3) is 0.294. The predicted octanol–water partition coefficient (Wildman–Crippen LogP) is 2.38. The Hall–Kier alpha value is -2.00. The van der Waals surface area contributed by atoms with E-state index in [1.807, 2.05) is 24.3 Å². The van der Waals surface area contributed by atoms with Crippen molar-refractivity contribution in [1.29, 1.82) is 0 Å². The number of fused-ring (bicyclic) bond motifs is 1. The fourth-order valence-electron chi connectivity index (χ4n) is 3.15. The Labute approximate surface area is 156 Å². The Bertz CT molecular complexity index is 1030. The zero-order valence-corrected chi connectivity index (χ0v) is 15.4. The maximum atomic E-state index is 13.0. The normalized spacial score (nSPS) is 17.0. The number of sulfonamides is 1. The summed E-state index contributed by atoms with van der Waals surface area (Å²) in [6.07, 6.45) is 0. The predicted molar refractivity (Wildman–Crippen MR) is 97.3 cm³/mol. The van der Waals surface area contributed by atoms with Crippen LogP contribution >= 0.6 is 11.6 Å². The Morgan fingerprint density at radius 3 is 2.58 bits per heavy atom. The Kier molecular flexibility index (Phi) is 4.66. The molecule has 9 heteroatoms. The molecule has 1 aliphatic heterocycles. The molecule has 3 aromatic rings. The van der Waals surface area contributed by atoms with Crippen molar-refractivity contribution in [3.63, 3.8) is 0 Å². The van der Waals surface area contributed by atoms with Gasteiger partial charge in [-0.3, -0.25) is 4.90 Å². The first-order chi connectivity index (χ1) is 12.5. The molecule has 0 spiro atoms. The number of nitrogens with zero attached hydrogens (tertiary/aromatic N) is 4. The quantitative estimate of drug-likeness (QED) is 0.678. The third-order valence-electron chi connectivity index (χ3n) is 4.49. The lowest BCUT2D eigenvalue weighted by atomic mass is 10.2. The number of aromatic nitrogens is 2. The average molecular weight is 393 g/mol. The molecule has 2 aromatic carbocycles. The molecule has 7 nitrogen and oxygen atoms in total. The SMILES string of the molecule is O=S(=O)(c1cccc2nonc12)N1CCN(Cc2cccc(Cl)c2)CC1. The van der Waals surface area contributed by atoms with E-state index >= 15 is 0 Å². The van der Waals surface area contributed by atoms with E-state index < -0.39 is 10.0 Å². The number of piperazine rings is 1. The van der Waals surface area contributed by atoms with Crippen LogP contribution in [0.4, 0.5) is 0 Å². The Balaban J connectivity index is 1.48. The van der Waals surface area contributed by atoms with Crippen LogP contribution in [-0.2, 0) is 16.6 Å². The van der Waals surface area contributed by atoms with Crippen molar-refractivity contribution in [1.82, 2.24) is 19.5 Å². The molecule has 0 N–H and O–H groups in total. The van der Waals surface area contributed by atoms with Crippen LogP contribution in [0.5, 0.6) is 0 Å². The van der Waals surface area contributed by atoms with Crippen LogP contribution < -0.4 is 0 Å². The lowest BCUT2D eigenvalue weighted by Gasteiger charge is -2.34. The third-order valence-corrected chi connectivity index (χ3v) is 6.66. The summed E-state index contributed by atoms with van der Waals surface area (Å²) < 4.78 is 32.1. The van der Waals surface area contributed by atoms with Crippen LogP contribution in [-0.4, -0.2) is 54.1 Å². The summed E-state index contributed by atoms with van der Waals surface area (Å²) in [5.41, 5.74) is 1.83. The van der Waals surface area contributed by atoms with E-state index in [0.29, 0.717) is 36.7 Å². The molecule has 4 rings (SSSR count). The van der Waals surface area contributed by atoms with Crippen LogP contribution in [0.2, 0.25) is 5.02 Å². The molecule has 0 amide bonds. The van der Waals surface area contributed by atoms with Crippen LogP contribution in [0, 0.1) is 0 Å². The van der Waals surface area contributed by atoms with Crippen molar-refractivity contribution >= 4 is 32.7 Å². The Morgan fingerprint density at radius 1 is 1.04 bits per heavy atom. The highest BCUT2D eigenvalue weighted by Crippen LogP contribution is 2.24. The molecule has 0 saturated carbocycles. The lowest BCUT2D eigenvalue weighted by molar-refractivity contribution is 0.181. The highest BCUT2D eigenvalue weighted by Gasteiger charge is 2.30. The van der Waals surface area contributed by atoms with Crippen LogP contribution in [0.15, 0.2) is 52.0 Å². The first-order valence-electron chi connectivity index (χ1n) is 8.22. The van der Waals surface area contributed by atoms with Crippen LogP contribution in [0.3, 0.4) is 0 Å². The molecular formula is C17H17ClN4O3S. The van der Waals surface area contributed by atoms with Crippen LogP contribution in [0.1, 0.15) is 5.56 Å². The smallest absolute Gasteiger partial charge is 0.245 e. The number of hydrogen-bond donors (Lipinski definition) is 0. The molecule has 2 heterocycles. The van der Waals surface area contributed by atoms with E-state index in [1.165, 1.54) is 4.31 Å². The molecule has 0 atom stereocenters. The zero-order chi connectivity index (χ0) is 18.1. The minimum atomic E-state index is -3.64. The van der Waals surface area contributed by atoms with Crippen LogP contribution in [0.25, 0.3) is 11.0 Å². The lowest BCUT2D eigenvalue weighted by Crippen LogP contribution is -2.48. The molecule has 1 saturated heterocycles. The van der Waals surface area contributed by atoms with Gasteiger partial charge in [0.25, 0.3) is 0 Å². The van der Waals surface area contributed by atoms with Gasteiger partial charge in [0, 0.05) is 37.7 Å². The highest BCUT2D eigenvalue weighted by atomic mass is 35.5. The molecule has 0 aliphatic carbocycles. The first-order valence-corrected chi connectivity index (χ1v) is 10.0. The second-order valence-corrected chi connectivity index (χ2v) is 8.54. The summed E-state index contributed by atoms with van der Waals surface area (Å²) in [4.78, 5) is 2.36. The molecule has 1 fully saturated rings. The van der Waals surface area contributed by atoms with E-state index in [4.69, 9.17) is 11.6 Å². The van der Waals surface area contributed by atoms with Gasteiger partial charge in [-0.1, -0.05) is 29.8 Å². The van der Waals surface area contributed by atoms with Crippen molar-refractivity contribution in [3.05, 3.63) is 53.1 Å². The van der Waals surface area contributed by atoms with Gasteiger partial charge in [-0.25, -0.2) is 13.0 Å². The summed E-state index contributed by atoms with van der Waals surface area (Å²) >= 11 is 6.03. The molecule has 26 heavy (non-hydrogen) atoms. The standard InChI is InChI=1S/C17H17ClN4O3S/c18-14-4-1-3-13(11-14)12-21-7-9-22(10-8-21)26(23,24)16-6-2-5-15-17(16)20-25-19-15/h1-6,11H,7-10,12H2. The number of rotatable bonds is 4. The minimum absolute atomic E-state index is 0.138. The van der Waals surface area contributed by atoms with E-state index in [2.05, 4.69) is 19.8 Å². The van der Waals surface area contributed by atoms with E-state index in [9.17, 15) is 8.42 Å². The summed E-state index contributed by atoms with van der Waals surface area (Å²) in [7, 11) is -3.64. The maximum Gasteiger partial charge on any atom is 0.245 e. The molecular weight excluding hydrogens is 376 g/mol. The van der Waals surface area contributed by atoms with Gasteiger partial charge in [0.2, 0.25) is 10.0 Å². The second kappa shape index (κ2) is 6.96. The molecule has 1 aliphatic rings. The number of benzene rings is 2. The van der Waals surface area contributed by atoms with Gasteiger partial charge in [0.05, 0.1) is 0 Å². The van der Waals surface area contributed by atoms with Crippen molar-refractivity contribution in [2.24, 2.45) is 0 Å². The summed E-state index contributed by atoms with van der Waals surface area (Å²) in [6, 6.07) is 12.6. The average Bonchev–Trinajstić information content (AvgIpc) is 3.11. The minimum Gasteiger partial charge on any atom is -0.296 e. The highest BCUT2D eigenvalue weighted by molar-refractivity contribution is 7.89. The van der Waals surface area contributed by atoms with Crippen molar-refractivity contribution < 1.29 is 13.0 Å². The van der Waals surface area contributed by atoms with Gasteiger partial charge in [-0.05, 0) is 40.1 Å². The van der Waals surface area contributed by atoms with Gasteiger partial charge in [0.1, 0.15) is 10.4 Å². The van der Waals surface area contributed by atoms with Crippen molar-refractivity contribution in [2.45, 2.75) is 11.4 Å². The molecule has 0 unspecified atom stereocenters. The first kappa shape index (κ1) is 17.4. The molecule has 1 aromatic heterocycles. The fourth-order valence-corrected chi connectivity index (χ4v) is 4.92. The van der Waals surface area contributed by atoms with Gasteiger partial charge < -0.3 is 0 Å². The van der Waals surface area contributed by atoms with Gasteiger partial charge in [-0.15, -0.1) is 0 Å². The van der Waals surface area contributed by atoms with Crippen molar-refractivity contribution in [3.8, 4) is 0 Å². The molecule has 0 radical (unpaired) electrons. The largest absolute Gasteiger partial charge is 0.296 e. The van der Waals surface area contributed by atoms with Gasteiger partial charge in [-0.2, -0.15) is 4.31 Å². The van der Waals surface area contributed by atoms with Gasteiger partial charge >= 0.3 is 0 Å². The number of hydrogen-bond acceptors (Lipinski definition) is 6. The summed E-state index contributed by atoms with van der Waals surface area (Å²) in [5, 5.41) is 8.17. The van der Waals surface area contributed by atoms with Crippen molar-refractivity contribution in [2.75, 3.05) is 26.2 Å². The van der Waals surface area contributed by atoms with E-state index in [0.717, 1.165) is 12.1 Å². The summed E-state index contributed by atoms with van der Waals surface area (Å²) in [6.45, 7) is 2.89. The second-order valence-electron chi connectivity index (χ2n) is 6.20. The van der Waals surface area contributed by atoms with E-state index in [-0.39, 0.29) is 10.4 Å². The monoisotopic (exact) mass is 392 g/mol. The molecule has 0 bridgehead atoms. The Morgan fingerprint density at radius 2 is 1.81 bits per heavy atom.